The maximum Gasteiger partial charge on any atom is 0.249 e. The van der Waals surface area contributed by atoms with Gasteiger partial charge in [-0.2, -0.15) is 0 Å². The highest BCUT2D eigenvalue weighted by Crippen LogP contribution is 2.39. The van der Waals surface area contributed by atoms with Crippen molar-refractivity contribution in [3.8, 4) is 0 Å². The van der Waals surface area contributed by atoms with Gasteiger partial charge in [0.25, 0.3) is 0 Å². The quantitative estimate of drug-likeness (QED) is 0.429. The first-order valence-electron chi connectivity index (χ1n) is 12.0. The van der Waals surface area contributed by atoms with E-state index >= 15 is 0 Å². The van der Waals surface area contributed by atoms with Crippen LogP contribution >= 0.6 is 0 Å². The molecule has 0 saturated carbocycles. The summed E-state index contributed by atoms with van der Waals surface area (Å²) in [4.78, 5) is 2.44. The zero-order chi connectivity index (χ0) is 22.9. The Morgan fingerprint density at radius 3 is 1.52 bits per heavy atom. The van der Waals surface area contributed by atoms with Crippen molar-refractivity contribution in [3.05, 3.63) is 70.4 Å². The molecular formula is C29H41N2+. The molecule has 0 spiro atoms. The van der Waals surface area contributed by atoms with Crippen LogP contribution in [0.3, 0.4) is 0 Å². The van der Waals surface area contributed by atoms with Crippen LogP contribution in [0.25, 0.3) is 0 Å². The van der Waals surface area contributed by atoms with Crippen LogP contribution in [0, 0.1) is 0 Å². The van der Waals surface area contributed by atoms with Crippen LogP contribution in [0.15, 0.2) is 48.2 Å². The number of hydrogen-bond donors (Lipinski definition) is 0. The normalized spacial score (nSPS) is 14.7. The fraction of sp³-hybridized carbons (Fsp3) is 0.483. The van der Waals surface area contributed by atoms with E-state index in [1.165, 1.54) is 39.3 Å². The van der Waals surface area contributed by atoms with Crippen molar-refractivity contribution >= 4 is 17.7 Å². The second kappa shape index (κ2) is 9.42. The van der Waals surface area contributed by atoms with E-state index in [0.717, 1.165) is 6.54 Å². The monoisotopic (exact) mass is 417 g/mol. The van der Waals surface area contributed by atoms with Crippen molar-refractivity contribution < 1.29 is 4.58 Å². The zero-order valence-electron chi connectivity index (χ0n) is 21.0. The largest absolute Gasteiger partial charge is 0.249 e. The molecule has 0 saturated heterocycles. The van der Waals surface area contributed by atoms with Crippen LogP contribution in [0.1, 0.15) is 108 Å². The number of benzene rings is 2. The van der Waals surface area contributed by atoms with E-state index in [9.17, 15) is 0 Å². The maximum absolute atomic E-state index is 2.47. The summed E-state index contributed by atoms with van der Waals surface area (Å²) in [5.41, 5.74) is 9.73. The Morgan fingerprint density at radius 2 is 1.10 bits per heavy atom. The zero-order valence-corrected chi connectivity index (χ0v) is 21.0. The Kier molecular flexibility index (Phi) is 7.09. The minimum Gasteiger partial charge on any atom is -0.229 e. The second-order valence-electron chi connectivity index (χ2n) is 10.2. The van der Waals surface area contributed by atoms with Crippen molar-refractivity contribution in [2.45, 2.75) is 86.0 Å². The van der Waals surface area contributed by atoms with Gasteiger partial charge >= 0.3 is 0 Å². The van der Waals surface area contributed by atoms with Gasteiger partial charge in [0.05, 0.1) is 0 Å². The van der Waals surface area contributed by atoms with Crippen molar-refractivity contribution in [3.63, 3.8) is 0 Å². The molecule has 0 unspecified atom stereocenters. The molecule has 0 bridgehead atoms. The summed E-state index contributed by atoms with van der Waals surface area (Å²) in [5.74, 6) is 1.91. The summed E-state index contributed by atoms with van der Waals surface area (Å²) < 4.78 is 2.47. The van der Waals surface area contributed by atoms with Crippen molar-refractivity contribution in [2.24, 2.45) is 0 Å². The van der Waals surface area contributed by atoms with E-state index in [0.29, 0.717) is 23.7 Å². The highest BCUT2D eigenvalue weighted by Gasteiger charge is 2.30. The molecule has 0 atom stereocenters. The summed E-state index contributed by atoms with van der Waals surface area (Å²) in [6.07, 6.45) is 4.73. The van der Waals surface area contributed by atoms with Gasteiger partial charge in [0.15, 0.2) is 0 Å². The molecule has 31 heavy (non-hydrogen) atoms. The third-order valence-electron chi connectivity index (χ3n) is 6.43. The highest BCUT2D eigenvalue weighted by molar-refractivity contribution is 5.86. The Labute approximate surface area is 190 Å². The number of rotatable bonds is 6. The summed E-state index contributed by atoms with van der Waals surface area (Å²) in [7, 11) is 0. The van der Waals surface area contributed by atoms with Gasteiger partial charge in [-0.3, -0.25) is 0 Å². The van der Waals surface area contributed by atoms with Crippen LogP contribution in [-0.2, 0) is 0 Å². The van der Waals surface area contributed by atoms with Gasteiger partial charge in [-0.25, -0.2) is 9.48 Å². The standard InChI is InChI=1S/C29H41N2/c1-19(2)24-12-10-13-25(20(3)4)28(24)30-17-16-23(9)31(18-30)29-26(21(5)6)14-11-15-27(29)22(7)8/h10-16,18-22H,17H2,1-9H3/q+1. The molecule has 0 aromatic heterocycles. The lowest BCUT2D eigenvalue weighted by Gasteiger charge is -2.28. The van der Waals surface area contributed by atoms with Crippen LogP contribution < -0.4 is 4.90 Å². The number of anilines is 1. The topological polar surface area (TPSA) is 6.25 Å². The fourth-order valence-electron chi connectivity index (χ4n) is 4.62. The van der Waals surface area contributed by atoms with E-state index in [1.54, 1.807) is 0 Å². The predicted molar refractivity (Wildman–Crippen MR) is 136 cm³/mol. The van der Waals surface area contributed by atoms with Gasteiger partial charge in [-0.15, -0.1) is 0 Å². The summed E-state index contributed by atoms with van der Waals surface area (Å²) >= 11 is 0. The number of nitrogens with zero attached hydrogens (tertiary/aromatic N) is 2. The third kappa shape index (κ3) is 4.63. The summed E-state index contributed by atoms with van der Waals surface area (Å²) in [6.45, 7) is 21.6. The molecule has 1 heterocycles. The minimum atomic E-state index is 0.472. The molecule has 0 N–H and O–H groups in total. The average molecular weight is 418 g/mol. The molecule has 0 aliphatic carbocycles. The van der Waals surface area contributed by atoms with E-state index < -0.39 is 0 Å². The molecule has 2 heteroatoms. The summed E-state index contributed by atoms with van der Waals surface area (Å²) in [6, 6.07) is 13.6. The van der Waals surface area contributed by atoms with Gasteiger partial charge in [-0.1, -0.05) is 91.8 Å². The lowest BCUT2D eigenvalue weighted by Crippen LogP contribution is -2.32. The van der Waals surface area contributed by atoms with E-state index in [-0.39, 0.29) is 0 Å². The highest BCUT2D eigenvalue weighted by atomic mass is 15.2. The Hall–Kier alpha value is -2.35. The molecule has 2 aromatic rings. The third-order valence-corrected chi connectivity index (χ3v) is 6.43. The van der Waals surface area contributed by atoms with Gasteiger partial charge in [-0.05, 0) is 36.7 Å². The van der Waals surface area contributed by atoms with Crippen molar-refractivity contribution in [1.29, 1.82) is 0 Å². The van der Waals surface area contributed by atoms with Gasteiger partial charge in [0.1, 0.15) is 23.6 Å². The molecule has 0 amide bonds. The molecule has 2 nitrogen and oxygen atoms in total. The summed E-state index contributed by atoms with van der Waals surface area (Å²) in [5, 5.41) is 0. The molecule has 1 aliphatic rings. The molecular weight excluding hydrogens is 376 g/mol. The van der Waals surface area contributed by atoms with Crippen LogP contribution in [0.2, 0.25) is 0 Å². The number of allylic oxidation sites excluding steroid dienone is 1. The average Bonchev–Trinajstić information content (AvgIpc) is 2.72. The molecule has 0 fully saturated rings. The predicted octanol–water partition coefficient (Wildman–Crippen LogP) is 8.28. The molecule has 166 valence electrons. The van der Waals surface area contributed by atoms with Crippen LogP contribution in [-0.4, -0.2) is 17.5 Å². The number of para-hydroxylation sites is 2. The van der Waals surface area contributed by atoms with Crippen molar-refractivity contribution in [1.82, 2.24) is 0 Å². The lowest BCUT2D eigenvalue weighted by molar-refractivity contribution is -0.427. The first-order valence-corrected chi connectivity index (χ1v) is 12.0. The van der Waals surface area contributed by atoms with Crippen molar-refractivity contribution in [2.75, 3.05) is 11.4 Å². The van der Waals surface area contributed by atoms with Gasteiger partial charge in [0, 0.05) is 22.3 Å². The SMILES string of the molecule is CC1=CC[N+](c2c(C(C)C)cccc2C(C)C)=CN1c1c(C(C)C)cccc1C(C)C. The molecule has 1 aliphatic heterocycles. The Morgan fingerprint density at radius 1 is 0.677 bits per heavy atom. The maximum atomic E-state index is 2.47. The van der Waals surface area contributed by atoms with Gasteiger partial charge in [0.2, 0.25) is 6.34 Å². The second-order valence-corrected chi connectivity index (χ2v) is 10.2. The van der Waals surface area contributed by atoms with Gasteiger partial charge < -0.3 is 0 Å². The van der Waals surface area contributed by atoms with E-state index in [4.69, 9.17) is 0 Å². The van der Waals surface area contributed by atoms with Crippen LogP contribution in [0.4, 0.5) is 11.4 Å². The smallest absolute Gasteiger partial charge is 0.229 e. The molecule has 0 radical (unpaired) electrons. The number of hydrogen-bond acceptors (Lipinski definition) is 1. The minimum absolute atomic E-state index is 0.472. The Bertz CT molecular complexity index is 937. The van der Waals surface area contributed by atoms with Crippen LogP contribution in [0.5, 0.6) is 0 Å². The molecule has 2 aromatic carbocycles. The first-order chi connectivity index (χ1) is 14.6. The van der Waals surface area contributed by atoms with E-state index in [2.05, 4.69) is 121 Å². The molecule has 3 rings (SSSR count). The Balaban J connectivity index is 2.26. The lowest BCUT2D eigenvalue weighted by atomic mass is 9.91. The fourth-order valence-corrected chi connectivity index (χ4v) is 4.62. The van der Waals surface area contributed by atoms with E-state index in [1.807, 2.05) is 0 Å². The first kappa shape index (κ1) is 23.3.